The molecule has 120 valence electrons. The second kappa shape index (κ2) is 9.09. The Balaban J connectivity index is 2.67. The molecule has 1 saturated heterocycles. The molecule has 1 fully saturated rings. The molecule has 0 spiro atoms. The number of hydrogen-bond acceptors (Lipinski definition) is 5. The number of amides is 2. The SMILES string of the molecule is C\C=C/C=C1/C(=O)N(C(C)CCC(=O)NSC=O)C/C1=C\N. The zero-order chi connectivity index (χ0) is 16.5. The standard InChI is InChI=1S/C15H21N3O3S/c1-3-4-5-13-12(8-16)9-18(15(13)21)11(2)6-7-14(20)17-22-10-19/h3-5,8,10-11H,6-7,9,16H2,1-2H3,(H,17,20)/b4-3-,12-8+,13-5+. The number of nitrogens with two attached hydrogens (primary N) is 1. The van der Waals surface area contributed by atoms with E-state index in [1.54, 1.807) is 17.1 Å². The molecule has 3 N–H and O–H groups in total. The number of allylic oxidation sites excluding steroid dienone is 3. The van der Waals surface area contributed by atoms with Crippen molar-refractivity contribution in [2.45, 2.75) is 32.7 Å². The van der Waals surface area contributed by atoms with Gasteiger partial charge in [-0.2, -0.15) is 0 Å². The Morgan fingerprint density at radius 1 is 1.55 bits per heavy atom. The molecule has 2 amide bonds. The molecular weight excluding hydrogens is 302 g/mol. The molecule has 1 rings (SSSR count). The Morgan fingerprint density at radius 2 is 2.27 bits per heavy atom. The molecule has 7 heteroatoms. The topological polar surface area (TPSA) is 92.5 Å². The highest BCUT2D eigenvalue weighted by molar-refractivity contribution is 8.10. The number of nitrogens with one attached hydrogen (secondary N) is 1. The van der Waals surface area contributed by atoms with Gasteiger partial charge in [-0.05, 0) is 38.1 Å². The summed E-state index contributed by atoms with van der Waals surface area (Å²) in [5, 5.41) is 0. The van der Waals surface area contributed by atoms with Crippen molar-refractivity contribution in [2.75, 3.05) is 6.54 Å². The molecule has 0 bridgehead atoms. The van der Waals surface area contributed by atoms with Crippen LogP contribution < -0.4 is 10.5 Å². The molecule has 22 heavy (non-hydrogen) atoms. The maximum Gasteiger partial charge on any atom is 0.254 e. The van der Waals surface area contributed by atoms with Crippen LogP contribution in [0.2, 0.25) is 0 Å². The highest BCUT2D eigenvalue weighted by atomic mass is 32.2. The molecule has 1 atom stereocenters. The van der Waals surface area contributed by atoms with Gasteiger partial charge in [0, 0.05) is 36.5 Å². The monoisotopic (exact) mass is 323 g/mol. The third-order valence-electron chi connectivity index (χ3n) is 3.38. The molecule has 0 aromatic carbocycles. The Kier molecular flexibility index (Phi) is 7.45. The molecule has 0 saturated carbocycles. The molecule has 0 aromatic rings. The minimum Gasteiger partial charge on any atom is -0.404 e. The number of carbonyl (C=O) groups is 3. The molecule has 6 nitrogen and oxygen atoms in total. The van der Waals surface area contributed by atoms with Gasteiger partial charge in [0.25, 0.3) is 5.91 Å². The number of carbonyl (C=O) groups excluding carboxylic acids is 3. The Labute approximate surface area is 134 Å². The van der Waals surface area contributed by atoms with Crippen molar-refractivity contribution >= 4 is 29.4 Å². The fourth-order valence-electron chi connectivity index (χ4n) is 2.14. The largest absolute Gasteiger partial charge is 0.404 e. The number of likely N-dealkylation sites (tertiary alicyclic amines) is 1. The van der Waals surface area contributed by atoms with Gasteiger partial charge in [-0.3, -0.25) is 19.1 Å². The van der Waals surface area contributed by atoms with Gasteiger partial charge < -0.3 is 10.6 Å². The first-order valence-corrected chi connectivity index (χ1v) is 7.86. The van der Waals surface area contributed by atoms with E-state index >= 15 is 0 Å². The van der Waals surface area contributed by atoms with Gasteiger partial charge in [0.2, 0.25) is 5.91 Å². The van der Waals surface area contributed by atoms with E-state index in [1.165, 1.54) is 6.20 Å². The highest BCUT2D eigenvalue weighted by Crippen LogP contribution is 2.26. The average Bonchev–Trinajstić information content (AvgIpc) is 2.84. The quantitative estimate of drug-likeness (QED) is 0.418. The van der Waals surface area contributed by atoms with Crippen LogP contribution in [0.25, 0.3) is 0 Å². The van der Waals surface area contributed by atoms with Crippen LogP contribution in [0.3, 0.4) is 0 Å². The van der Waals surface area contributed by atoms with Gasteiger partial charge in [-0.15, -0.1) is 0 Å². The van der Waals surface area contributed by atoms with E-state index in [0.29, 0.717) is 36.1 Å². The Morgan fingerprint density at radius 3 is 2.86 bits per heavy atom. The third kappa shape index (κ3) is 4.77. The van der Waals surface area contributed by atoms with E-state index < -0.39 is 0 Å². The number of rotatable bonds is 7. The van der Waals surface area contributed by atoms with Crippen LogP contribution in [-0.2, 0) is 14.4 Å². The minimum atomic E-state index is -0.227. The van der Waals surface area contributed by atoms with E-state index in [4.69, 9.17) is 5.73 Å². The summed E-state index contributed by atoms with van der Waals surface area (Å²) in [6, 6.07) is -0.0917. The van der Waals surface area contributed by atoms with Crippen LogP contribution in [0.5, 0.6) is 0 Å². The molecule has 0 aliphatic carbocycles. The summed E-state index contributed by atoms with van der Waals surface area (Å²) in [5.74, 6) is -0.306. The van der Waals surface area contributed by atoms with Crippen LogP contribution in [0.4, 0.5) is 0 Å². The van der Waals surface area contributed by atoms with Gasteiger partial charge in [0.05, 0.1) is 0 Å². The van der Waals surface area contributed by atoms with Crippen LogP contribution in [0.15, 0.2) is 35.6 Å². The van der Waals surface area contributed by atoms with Gasteiger partial charge in [-0.25, -0.2) is 0 Å². The predicted molar refractivity (Wildman–Crippen MR) is 88.1 cm³/mol. The van der Waals surface area contributed by atoms with Crippen LogP contribution >= 0.6 is 11.9 Å². The van der Waals surface area contributed by atoms with E-state index in [-0.39, 0.29) is 24.3 Å². The number of hydrogen-bond donors (Lipinski definition) is 2. The van der Waals surface area contributed by atoms with Crippen molar-refractivity contribution in [3.63, 3.8) is 0 Å². The molecule has 1 unspecified atom stereocenters. The molecule has 1 heterocycles. The summed E-state index contributed by atoms with van der Waals surface area (Å²) in [7, 11) is 0. The molecular formula is C15H21N3O3S. The first-order chi connectivity index (χ1) is 10.5. The fraction of sp³-hybridized carbons (Fsp3) is 0.400. The summed E-state index contributed by atoms with van der Waals surface area (Å²) >= 11 is 0.711. The lowest BCUT2D eigenvalue weighted by Crippen LogP contribution is -2.35. The van der Waals surface area contributed by atoms with Gasteiger partial charge in [0.15, 0.2) is 5.62 Å². The summed E-state index contributed by atoms with van der Waals surface area (Å²) in [6.45, 7) is 4.22. The number of nitrogens with zero attached hydrogens (tertiary/aromatic N) is 1. The van der Waals surface area contributed by atoms with Crippen molar-refractivity contribution < 1.29 is 14.4 Å². The molecule has 0 aromatic heterocycles. The normalized spacial score (nSPS) is 20.1. The second-order valence-electron chi connectivity index (χ2n) is 4.86. The third-order valence-corrected chi connectivity index (χ3v) is 3.82. The second-order valence-corrected chi connectivity index (χ2v) is 5.49. The smallest absolute Gasteiger partial charge is 0.254 e. The predicted octanol–water partition coefficient (Wildman–Crippen LogP) is 1.30. The first kappa shape index (κ1) is 18.0. The van der Waals surface area contributed by atoms with Crippen LogP contribution in [0.1, 0.15) is 26.7 Å². The summed E-state index contributed by atoms with van der Waals surface area (Å²) in [5.41, 5.74) is 7.53. The zero-order valence-corrected chi connectivity index (χ0v) is 13.6. The Hall–Kier alpha value is -2.02. The average molecular weight is 323 g/mol. The minimum absolute atomic E-state index is 0.0787. The van der Waals surface area contributed by atoms with Crippen LogP contribution in [-0.4, -0.2) is 34.9 Å². The lowest BCUT2D eigenvalue weighted by atomic mass is 10.1. The van der Waals surface area contributed by atoms with E-state index in [2.05, 4.69) is 4.72 Å². The fourth-order valence-corrected chi connectivity index (χ4v) is 2.42. The van der Waals surface area contributed by atoms with Gasteiger partial charge in [-0.1, -0.05) is 12.2 Å². The van der Waals surface area contributed by atoms with E-state index in [1.807, 2.05) is 19.9 Å². The summed E-state index contributed by atoms with van der Waals surface area (Å²) < 4.78 is 2.40. The Bertz CT molecular complexity index is 526. The lowest BCUT2D eigenvalue weighted by molar-refractivity contribution is -0.127. The van der Waals surface area contributed by atoms with Crippen molar-refractivity contribution in [1.82, 2.24) is 9.62 Å². The zero-order valence-electron chi connectivity index (χ0n) is 12.7. The summed E-state index contributed by atoms with van der Waals surface area (Å²) in [6.07, 6.45) is 7.62. The lowest BCUT2D eigenvalue weighted by Gasteiger charge is -2.23. The maximum absolute atomic E-state index is 12.4. The summed E-state index contributed by atoms with van der Waals surface area (Å²) in [4.78, 5) is 35.8. The highest BCUT2D eigenvalue weighted by Gasteiger charge is 2.32. The van der Waals surface area contributed by atoms with Crippen molar-refractivity contribution in [1.29, 1.82) is 0 Å². The van der Waals surface area contributed by atoms with Crippen molar-refractivity contribution in [3.8, 4) is 0 Å². The maximum atomic E-state index is 12.4. The van der Waals surface area contributed by atoms with Crippen molar-refractivity contribution in [3.05, 3.63) is 35.6 Å². The van der Waals surface area contributed by atoms with Gasteiger partial charge >= 0.3 is 0 Å². The van der Waals surface area contributed by atoms with Crippen molar-refractivity contribution in [2.24, 2.45) is 5.73 Å². The van der Waals surface area contributed by atoms with E-state index in [0.717, 1.165) is 5.57 Å². The molecule has 1 aliphatic rings. The first-order valence-electron chi connectivity index (χ1n) is 6.98. The van der Waals surface area contributed by atoms with E-state index in [9.17, 15) is 14.4 Å². The molecule has 1 aliphatic heterocycles. The van der Waals surface area contributed by atoms with Crippen LogP contribution in [0, 0.1) is 0 Å². The van der Waals surface area contributed by atoms with Gasteiger partial charge in [0.1, 0.15) is 0 Å². The molecule has 0 radical (unpaired) electrons.